The molecular formula is C25H27N7O2. The van der Waals surface area contributed by atoms with Gasteiger partial charge in [0.05, 0.1) is 17.9 Å². The van der Waals surface area contributed by atoms with Crippen LogP contribution in [-0.2, 0) is 13.1 Å². The lowest BCUT2D eigenvalue weighted by atomic mass is 10.0. The number of pyridine rings is 1. The standard InChI is InChI=1S/C25H27N7O2/c1-3-11-32-15-19(14-27-32)18-9-10-22-20(13-18)25(33)29-23-8-4-7-21(28-23)24-30-26-16-31(24)12-5-6-17(2)34-22/h4,7-10,13-17H,3,5-6,11-12H2,1-2H3,(H,28,29,33)/t17-/m1/s1. The largest absolute Gasteiger partial charge is 0.490 e. The van der Waals surface area contributed by atoms with Crippen LogP contribution in [0.3, 0.4) is 0 Å². The number of aryl methyl sites for hydroxylation is 2. The number of hydrogen-bond donors (Lipinski definition) is 1. The van der Waals surface area contributed by atoms with E-state index < -0.39 is 0 Å². The van der Waals surface area contributed by atoms with Crippen LogP contribution in [0, 0.1) is 0 Å². The molecule has 4 aromatic rings. The molecule has 5 rings (SSSR count). The second kappa shape index (κ2) is 9.46. The van der Waals surface area contributed by atoms with Crippen molar-refractivity contribution in [2.24, 2.45) is 0 Å². The number of fused-ring (bicyclic) bond motifs is 5. The van der Waals surface area contributed by atoms with Crippen LogP contribution in [0.2, 0.25) is 0 Å². The summed E-state index contributed by atoms with van der Waals surface area (Å²) in [6.45, 7) is 5.74. The minimum atomic E-state index is -0.284. The minimum absolute atomic E-state index is 0.0662. The van der Waals surface area contributed by atoms with Gasteiger partial charge >= 0.3 is 0 Å². The van der Waals surface area contributed by atoms with E-state index in [4.69, 9.17) is 4.74 Å². The highest BCUT2D eigenvalue weighted by molar-refractivity contribution is 6.06. The first kappa shape index (κ1) is 21.8. The Morgan fingerprint density at radius 1 is 1.21 bits per heavy atom. The zero-order valence-corrected chi connectivity index (χ0v) is 19.3. The summed E-state index contributed by atoms with van der Waals surface area (Å²) >= 11 is 0. The fraction of sp³-hybridized carbons (Fsp3) is 0.320. The molecule has 1 atom stereocenters. The summed E-state index contributed by atoms with van der Waals surface area (Å²) in [5, 5.41) is 15.6. The zero-order chi connectivity index (χ0) is 23.5. The Labute approximate surface area is 197 Å². The molecule has 174 valence electrons. The Bertz CT molecular complexity index is 1310. The summed E-state index contributed by atoms with van der Waals surface area (Å²) in [4.78, 5) is 18.0. The van der Waals surface area contributed by atoms with Crippen LogP contribution >= 0.6 is 0 Å². The Kier molecular flexibility index (Phi) is 6.07. The van der Waals surface area contributed by atoms with Crippen molar-refractivity contribution in [2.75, 3.05) is 5.32 Å². The summed E-state index contributed by atoms with van der Waals surface area (Å²) in [5.74, 6) is 1.38. The van der Waals surface area contributed by atoms with Crippen molar-refractivity contribution >= 4 is 11.7 Å². The van der Waals surface area contributed by atoms with Crippen LogP contribution in [0.4, 0.5) is 5.82 Å². The number of amides is 1. The van der Waals surface area contributed by atoms with E-state index in [0.29, 0.717) is 28.6 Å². The smallest absolute Gasteiger partial charge is 0.260 e. The van der Waals surface area contributed by atoms with Gasteiger partial charge in [0.15, 0.2) is 5.82 Å². The predicted octanol–water partition coefficient (Wildman–Crippen LogP) is 4.43. The molecule has 1 aliphatic heterocycles. The number of anilines is 1. The highest BCUT2D eigenvalue weighted by Gasteiger charge is 2.19. The molecule has 2 bridgehead atoms. The van der Waals surface area contributed by atoms with Crippen LogP contribution < -0.4 is 10.1 Å². The van der Waals surface area contributed by atoms with E-state index in [1.54, 1.807) is 12.4 Å². The molecule has 9 nitrogen and oxygen atoms in total. The number of carbonyl (C=O) groups is 1. The van der Waals surface area contributed by atoms with Crippen LogP contribution in [0.25, 0.3) is 22.6 Å². The lowest BCUT2D eigenvalue weighted by Crippen LogP contribution is -2.19. The first-order valence-electron chi connectivity index (χ1n) is 11.6. The summed E-state index contributed by atoms with van der Waals surface area (Å²) in [6.07, 6.45) is 8.16. The topological polar surface area (TPSA) is 99.8 Å². The summed E-state index contributed by atoms with van der Waals surface area (Å²) in [5.41, 5.74) is 2.98. The van der Waals surface area contributed by atoms with Gasteiger partial charge in [-0.05, 0) is 56.0 Å². The van der Waals surface area contributed by atoms with Gasteiger partial charge in [-0.15, -0.1) is 10.2 Å². The van der Waals surface area contributed by atoms with Gasteiger partial charge in [-0.1, -0.05) is 19.1 Å². The molecular weight excluding hydrogens is 430 g/mol. The van der Waals surface area contributed by atoms with E-state index in [0.717, 1.165) is 43.5 Å². The molecule has 0 radical (unpaired) electrons. The quantitative estimate of drug-likeness (QED) is 0.489. The van der Waals surface area contributed by atoms with E-state index in [2.05, 4.69) is 32.5 Å². The summed E-state index contributed by atoms with van der Waals surface area (Å²) < 4.78 is 10.1. The summed E-state index contributed by atoms with van der Waals surface area (Å²) in [7, 11) is 0. The van der Waals surface area contributed by atoms with Crippen molar-refractivity contribution in [1.82, 2.24) is 29.5 Å². The minimum Gasteiger partial charge on any atom is -0.490 e. The zero-order valence-electron chi connectivity index (χ0n) is 19.3. The number of carbonyl (C=O) groups excluding carboxylic acids is 1. The first-order chi connectivity index (χ1) is 16.6. The van der Waals surface area contributed by atoms with Gasteiger partial charge < -0.3 is 14.6 Å². The third kappa shape index (κ3) is 4.54. The molecule has 1 amide bonds. The summed E-state index contributed by atoms with van der Waals surface area (Å²) in [6, 6.07) is 11.2. The monoisotopic (exact) mass is 457 g/mol. The molecule has 9 heteroatoms. The van der Waals surface area contributed by atoms with Gasteiger partial charge in [0.2, 0.25) is 0 Å². The SMILES string of the molecule is CCCn1cc(-c2ccc3c(c2)C(=O)Nc2cccc(n2)-c2nncn2CCC[C@@H](C)O3)cn1. The highest BCUT2D eigenvalue weighted by atomic mass is 16.5. The molecule has 0 unspecified atom stereocenters. The van der Waals surface area contributed by atoms with Crippen molar-refractivity contribution in [3.8, 4) is 28.4 Å². The maximum absolute atomic E-state index is 13.4. The number of rotatable bonds is 3. The lowest BCUT2D eigenvalue weighted by molar-refractivity contribution is 0.101. The van der Waals surface area contributed by atoms with Crippen LogP contribution in [0.1, 0.15) is 43.5 Å². The molecule has 3 aromatic heterocycles. The van der Waals surface area contributed by atoms with Crippen molar-refractivity contribution in [1.29, 1.82) is 0 Å². The third-order valence-corrected chi connectivity index (χ3v) is 5.82. The number of nitrogens with zero attached hydrogens (tertiary/aromatic N) is 6. The van der Waals surface area contributed by atoms with E-state index >= 15 is 0 Å². The Hall–Kier alpha value is -4.01. The Balaban J connectivity index is 1.53. The number of hydrogen-bond acceptors (Lipinski definition) is 6. The normalized spacial score (nSPS) is 16.1. The van der Waals surface area contributed by atoms with E-state index in [9.17, 15) is 4.79 Å². The number of aromatic nitrogens is 6. The van der Waals surface area contributed by atoms with Crippen molar-refractivity contribution < 1.29 is 9.53 Å². The second-order valence-corrected chi connectivity index (χ2v) is 8.48. The lowest BCUT2D eigenvalue weighted by Gasteiger charge is -2.19. The fourth-order valence-corrected chi connectivity index (χ4v) is 4.11. The second-order valence-electron chi connectivity index (χ2n) is 8.48. The first-order valence-corrected chi connectivity index (χ1v) is 11.6. The molecule has 0 saturated heterocycles. The highest BCUT2D eigenvalue weighted by Crippen LogP contribution is 2.29. The molecule has 0 saturated carbocycles. The van der Waals surface area contributed by atoms with Crippen molar-refractivity contribution in [3.63, 3.8) is 0 Å². The van der Waals surface area contributed by atoms with Crippen LogP contribution in [0.15, 0.2) is 55.1 Å². The maximum Gasteiger partial charge on any atom is 0.260 e. The third-order valence-electron chi connectivity index (χ3n) is 5.82. The number of ether oxygens (including phenoxy) is 1. The average Bonchev–Trinajstić information content (AvgIpc) is 3.49. The molecule has 0 spiro atoms. The number of benzene rings is 1. The molecule has 1 aromatic carbocycles. The Morgan fingerprint density at radius 3 is 3.00 bits per heavy atom. The number of nitrogens with one attached hydrogen (secondary N) is 1. The predicted molar refractivity (Wildman–Crippen MR) is 128 cm³/mol. The van der Waals surface area contributed by atoms with Gasteiger partial charge in [-0.2, -0.15) is 5.10 Å². The van der Waals surface area contributed by atoms with E-state index in [1.165, 1.54) is 0 Å². The van der Waals surface area contributed by atoms with Gasteiger partial charge in [0.1, 0.15) is 23.6 Å². The fourth-order valence-electron chi connectivity index (χ4n) is 4.11. The average molecular weight is 458 g/mol. The Morgan fingerprint density at radius 2 is 2.12 bits per heavy atom. The van der Waals surface area contributed by atoms with Crippen LogP contribution in [-0.4, -0.2) is 41.5 Å². The molecule has 0 aliphatic carbocycles. The maximum atomic E-state index is 13.4. The van der Waals surface area contributed by atoms with Gasteiger partial charge in [-0.25, -0.2) is 4.98 Å². The van der Waals surface area contributed by atoms with E-state index in [1.807, 2.05) is 58.9 Å². The van der Waals surface area contributed by atoms with Crippen LogP contribution in [0.5, 0.6) is 5.75 Å². The molecule has 0 fully saturated rings. The van der Waals surface area contributed by atoms with Gasteiger partial charge in [0.25, 0.3) is 5.91 Å². The molecule has 34 heavy (non-hydrogen) atoms. The molecule has 1 aliphatic rings. The van der Waals surface area contributed by atoms with Crippen molar-refractivity contribution in [3.05, 3.63) is 60.7 Å². The van der Waals surface area contributed by atoms with Gasteiger partial charge in [0, 0.05) is 24.8 Å². The molecule has 4 heterocycles. The van der Waals surface area contributed by atoms with Crippen molar-refractivity contribution in [2.45, 2.75) is 52.3 Å². The van der Waals surface area contributed by atoms with E-state index in [-0.39, 0.29) is 12.0 Å². The molecule has 1 N–H and O–H groups in total. The van der Waals surface area contributed by atoms with Gasteiger partial charge in [-0.3, -0.25) is 9.48 Å².